The number of nitrogens with one attached hydrogen (secondary N) is 1. The molecule has 0 unspecified atom stereocenters. The van der Waals surface area contributed by atoms with E-state index in [1.54, 1.807) is 31.2 Å². The maximum absolute atomic E-state index is 12.6. The minimum absolute atomic E-state index is 0.183. The number of hydrogen-bond acceptors (Lipinski definition) is 5. The van der Waals surface area contributed by atoms with Crippen LogP contribution in [0.3, 0.4) is 0 Å². The summed E-state index contributed by atoms with van der Waals surface area (Å²) in [4.78, 5) is 27.8. The first-order valence-electron chi connectivity index (χ1n) is 8.63. The Labute approximate surface area is 169 Å². The number of carboxylic acids is 1. The van der Waals surface area contributed by atoms with Gasteiger partial charge in [0.15, 0.2) is 17.1 Å². The molecule has 0 fully saturated rings. The average molecular weight is 411 g/mol. The molecule has 0 spiro atoms. The topological polar surface area (TPSA) is 117 Å². The van der Waals surface area contributed by atoms with E-state index in [4.69, 9.17) is 16.7 Å². The van der Waals surface area contributed by atoms with Crippen LogP contribution in [0.15, 0.2) is 42.5 Å². The van der Waals surface area contributed by atoms with Gasteiger partial charge in [0.25, 0.3) is 5.91 Å². The van der Waals surface area contributed by atoms with E-state index in [-0.39, 0.29) is 11.4 Å². The highest BCUT2D eigenvalue weighted by Gasteiger charge is 2.24. The van der Waals surface area contributed by atoms with Gasteiger partial charge in [-0.05, 0) is 30.2 Å². The van der Waals surface area contributed by atoms with E-state index in [2.05, 4.69) is 15.4 Å². The van der Waals surface area contributed by atoms with Crippen LogP contribution < -0.4 is 5.32 Å². The summed E-state index contributed by atoms with van der Waals surface area (Å²) < 4.78 is 1.23. The zero-order valence-electron chi connectivity index (χ0n) is 15.2. The molecule has 29 heavy (non-hydrogen) atoms. The fourth-order valence-electron chi connectivity index (χ4n) is 3.29. The third-order valence-electron chi connectivity index (χ3n) is 4.44. The van der Waals surface area contributed by atoms with Crippen molar-refractivity contribution in [2.24, 2.45) is 0 Å². The maximum atomic E-state index is 12.6. The molecule has 0 aliphatic rings. The largest absolute Gasteiger partial charge is 0.505 e. The number of pyridine rings is 1. The lowest BCUT2D eigenvalue weighted by molar-refractivity contribution is -0.135. The average Bonchev–Trinajstić information content (AvgIpc) is 3.07. The van der Waals surface area contributed by atoms with Crippen molar-refractivity contribution in [3.8, 4) is 16.9 Å². The van der Waals surface area contributed by atoms with Crippen molar-refractivity contribution in [1.29, 1.82) is 0 Å². The molecule has 1 amide bonds. The second-order valence-corrected chi connectivity index (χ2v) is 6.84. The van der Waals surface area contributed by atoms with E-state index in [1.807, 2.05) is 18.2 Å². The molecular formula is C20H15ClN4O4. The van der Waals surface area contributed by atoms with Crippen molar-refractivity contribution < 1.29 is 19.8 Å². The number of nitrogens with zero attached hydrogens (tertiary/aromatic N) is 3. The van der Waals surface area contributed by atoms with Gasteiger partial charge >= 0.3 is 5.97 Å². The first-order valence-corrected chi connectivity index (χ1v) is 9.01. The second-order valence-electron chi connectivity index (χ2n) is 6.41. The number of carbonyl (C=O) groups excluding carboxylic acids is 1. The summed E-state index contributed by atoms with van der Waals surface area (Å²) >= 11 is 6.14. The summed E-state index contributed by atoms with van der Waals surface area (Å²) in [6, 6.07) is 12.5. The van der Waals surface area contributed by atoms with Crippen molar-refractivity contribution in [3.05, 3.63) is 59.0 Å². The number of rotatable bonds is 4. The Balaban J connectivity index is 2.05. The lowest BCUT2D eigenvalue weighted by Crippen LogP contribution is -2.31. The highest BCUT2D eigenvalue weighted by Crippen LogP contribution is 2.38. The highest BCUT2D eigenvalue weighted by molar-refractivity contribution is 6.31. The molecule has 2 aromatic heterocycles. The number of aliphatic carboxylic acids is 1. The number of aryl methyl sites for hydroxylation is 1. The SMILES string of the molecule is Cc1nc2c3c(-c4cccc(Cl)c4)cccc3c(O)c(C(=O)NCC(=O)O)n2n1. The molecule has 9 heteroatoms. The number of carboxylic acid groups (broad SMARTS) is 1. The molecule has 3 N–H and O–H groups in total. The molecule has 2 aromatic carbocycles. The Kier molecular flexibility index (Phi) is 4.56. The first kappa shape index (κ1) is 18.7. The van der Waals surface area contributed by atoms with Crippen molar-refractivity contribution >= 4 is 39.9 Å². The fourth-order valence-corrected chi connectivity index (χ4v) is 3.48. The standard InChI is InChI=1S/C20H15ClN4O4/c1-10-23-19-16-13(11-4-2-5-12(21)8-11)6-3-7-14(16)18(28)17(25(19)24-10)20(29)22-9-15(26)27/h2-8,28H,9H2,1H3,(H,22,29)(H,26,27). The molecule has 0 aliphatic heterocycles. The molecule has 0 bridgehead atoms. The van der Waals surface area contributed by atoms with Crippen LogP contribution >= 0.6 is 11.6 Å². The third kappa shape index (κ3) is 3.23. The van der Waals surface area contributed by atoms with Gasteiger partial charge < -0.3 is 15.5 Å². The second kappa shape index (κ2) is 7.06. The van der Waals surface area contributed by atoms with Gasteiger partial charge in [-0.25, -0.2) is 9.50 Å². The molecule has 8 nitrogen and oxygen atoms in total. The van der Waals surface area contributed by atoms with E-state index >= 15 is 0 Å². The zero-order chi connectivity index (χ0) is 20.7. The van der Waals surface area contributed by atoms with Gasteiger partial charge in [0.1, 0.15) is 12.4 Å². The van der Waals surface area contributed by atoms with E-state index in [9.17, 15) is 14.7 Å². The van der Waals surface area contributed by atoms with Gasteiger partial charge in [-0.2, -0.15) is 5.10 Å². The normalized spacial score (nSPS) is 11.1. The molecule has 0 saturated heterocycles. The van der Waals surface area contributed by atoms with Gasteiger partial charge in [-0.1, -0.05) is 41.9 Å². The lowest BCUT2D eigenvalue weighted by Gasteiger charge is -2.13. The van der Waals surface area contributed by atoms with Crippen molar-refractivity contribution in [1.82, 2.24) is 19.9 Å². The molecule has 146 valence electrons. The molecule has 0 saturated carbocycles. The van der Waals surface area contributed by atoms with Crippen LogP contribution in [-0.4, -0.2) is 43.2 Å². The van der Waals surface area contributed by atoms with Crippen LogP contribution in [0.5, 0.6) is 5.75 Å². The lowest BCUT2D eigenvalue weighted by atomic mass is 9.98. The minimum Gasteiger partial charge on any atom is -0.505 e. The van der Waals surface area contributed by atoms with Gasteiger partial charge in [0, 0.05) is 15.8 Å². The molecule has 4 aromatic rings. The smallest absolute Gasteiger partial charge is 0.322 e. The molecule has 0 aliphatic carbocycles. The maximum Gasteiger partial charge on any atom is 0.322 e. The summed E-state index contributed by atoms with van der Waals surface area (Å²) in [5, 5.41) is 27.8. The molecule has 0 radical (unpaired) electrons. The number of amides is 1. The van der Waals surface area contributed by atoms with Gasteiger partial charge in [0.2, 0.25) is 0 Å². The van der Waals surface area contributed by atoms with Gasteiger partial charge in [0.05, 0.1) is 0 Å². The minimum atomic E-state index is -1.20. The number of fused-ring (bicyclic) bond motifs is 3. The quantitative estimate of drug-likeness (QED) is 0.476. The van der Waals surface area contributed by atoms with Gasteiger partial charge in [-0.15, -0.1) is 0 Å². The Hall–Kier alpha value is -3.65. The Bertz CT molecular complexity index is 1300. The number of benzene rings is 2. The molecule has 2 heterocycles. The van der Waals surface area contributed by atoms with E-state index < -0.39 is 18.4 Å². The number of aromatic nitrogens is 3. The predicted octanol–water partition coefficient (Wildman–Crippen LogP) is 3.03. The summed E-state index contributed by atoms with van der Waals surface area (Å²) in [6.07, 6.45) is 0. The third-order valence-corrected chi connectivity index (χ3v) is 4.68. The summed E-state index contributed by atoms with van der Waals surface area (Å²) in [5.41, 5.74) is 1.76. The Morgan fingerprint density at radius 3 is 2.69 bits per heavy atom. The number of hydrogen-bond donors (Lipinski definition) is 3. The Morgan fingerprint density at radius 1 is 1.21 bits per heavy atom. The van der Waals surface area contributed by atoms with Crippen molar-refractivity contribution in [3.63, 3.8) is 0 Å². The monoisotopic (exact) mass is 410 g/mol. The Morgan fingerprint density at radius 2 is 1.97 bits per heavy atom. The van der Waals surface area contributed by atoms with E-state index in [0.717, 1.165) is 11.1 Å². The van der Waals surface area contributed by atoms with Crippen molar-refractivity contribution in [2.75, 3.05) is 6.54 Å². The van der Waals surface area contributed by atoms with Crippen molar-refractivity contribution in [2.45, 2.75) is 6.92 Å². The molecule has 4 rings (SSSR count). The number of carbonyl (C=O) groups is 2. The first-order chi connectivity index (χ1) is 13.9. The number of aromatic hydroxyl groups is 1. The number of halogens is 1. The van der Waals surface area contributed by atoms with E-state index in [1.165, 1.54) is 4.52 Å². The molecular weight excluding hydrogens is 396 g/mol. The van der Waals surface area contributed by atoms with Gasteiger partial charge in [-0.3, -0.25) is 9.59 Å². The summed E-state index contributed by atoms with van der Waals surface area (Å²) in [6.45, 7) is 1.07. The summed E-state index contributed by atoms with van der Waals surface area (Å²) in [5.74, 6) is -1.89. The van der Waals surface area contributed by atoms with Crippen LogP contribution in [0.1, 0.15) is 16.3 Å². The van der Waals surface area contributed by atoms with Crippen LogP contribution in [-0.2, 0) is 4.79 Å². The predicted molar refractivity (Wildman–Crippen MR) is 107 cm³/mol. The van der Waals surface area contributed by atoms with E-state index in [0.29, 0.717) is 27.3 Å². The van der Waals surface area contributed by atoms with Crippen LogP contribution in [0.2, 0.25) is 5.02 Å². The van der Waals surface area contributed by atoms with Crippen LogP contribution in [0.25, 0.3) is 27.5 Å². The van der Waals surface area contributed by atoms with Crippen LogP contribution in [0, 0.1) is 6.92 Å². The molecule has 0 atom stereocenters. The zero-order valence-corrected chi connectivity index (χ0v) is 15.9. The fraction of sp³-hybridized carbons (Fsp3) is 0.100. The van der Waals surface area contributed by atoms with Crippen LogP contribution in [0.4, 0.5) is 0 Å². The summed E-state index contributed by atoms with van der Waals surface area (Å²) in [7, 11) is 0. The highest BCUT2D eigenvalue weighted by atomic mass is 35.5.